The summed E-state index contributed by atoms with van der Waals surface area (Å²) in [4.78, 5) is 4.26. The van der Waals surface area contributed by atoms with Crippen LogP contribution in [0.2, 0.25) is 0 Å². The predicted octanol–water partition coefficient (Wildman–Crippen LogP) is 4.05. The lowest BCUT2D eigenvalue weighted by Gasteiger charge is -2.06. The van der Waals surface area contributed by atoms with Gasteiger partial charge in [0.2, 0.25) is 0 Å². The number of halogens is 3. The van der Waals surface area contributed by atoms with Crippen LogP contribution >= 0.6 is 0 Å². The van der Waals surface area contributed by atoms with Crippen LogP contribution in [0.5, 0.6) is 0 Å². The molecule has 7 heteroatoms. The fraction of sp³-hybridized carbons (Fsp3) is 0.125. The fourth-order valence-corrected chi connectivity index (χ4v) is 2.14. The van der Waals surface area contributed by atoms with Crippen LogP contribution in [0.3, 0.4) is 0 Å². The van der Waals surface area contributed by atoms with Crippen LogP contribution in [0.15, 0.2) is 42.5 Å². The van der Waals surface area contributed by atoms with Gasteiger partial charge in [-0.2, -0.15) is 18.3 Å². The Bertz CT molecular complexity index is 853. The van der Waals surface area contributed by atoms with Gasteiger partial charge in [-0.25, -0.2) is 4.98 Å². The molecule has 0 amide bonds. The predicted molar refractivity (Wildman–Crippen MR) is 81.4 cm³/mol. The molecule has 0 aliphatic carbocycles. The number of hydrogen-bond donors (Lipinski definition) is 2. The second kappa shape index (κ2) is 5.42. The molecule has 118 valence electrons. The zero-order valence-electron chi connectivity index (χ0n) is 12.1. The smallest absolute Gasteiger partial charge is 0.398 e. The number of nitrogen functional groups attached to an aromatic ring is 1. The zero-order valence-corrected chi connectivity index (χ0v) is 12.1. The van der Waals surface area contributed by atoms with Crippen LogP contribution in [-0.2, 0) is 6.18 Å². The van der Waals surface area contributed by atoms with Gasteiger partial charge in [0, 0.05) is 16.8 Å². The van der Waals surface area contributed by atoms with Gasteiger partial charge in [0.15, 0.2) is 11.6 Å². The maximum Gasteiger partial charge on any atom is 0.416 e. The number of nitrogens with two attached hydrogens (primary N) is 1. The van der Waals surface area contributed by atoms with Crippen molar-refractivity contribution in [2.75, 3.05) is 5.73 Å². The molecule has 1 heterocycles. The maximum absolute atomic E-state index is 12.8. The molecule has 3 aromatic rings. The van der Waals surface area contributed by atoms with E-state index in [1.165, 1.54) is 12.1 Å². The van der Waals surface area contributed by atoms with E-state index in [0.717, 1.165) is 23.3 Å². The van der Waals surface area contributed by atoms with Crippen LogP contribution in [-0.4, -0.2) is 15.2 Å². The van der Waals surface area contributed by atoms with E-state index in [9.17, 15) is 13.2 Å². The Morgan fingerprint density at radius 1 is 1.04 bits per heavy atom. The molecule has 0 bridgehead atoms. The van der Waals surface area contributed by atoms with E-state index in [-0.39, 0.29) is 5.82 Å². The highest BCUT2D eigenvalue weighted by Crippen LogP contribution is 2.31. The number of hydrogen-bond acceptors (Lipinski definition) is 3. The number of aromatic nitrogens is 3. The minimum Gasteiger partial charge on any atom is -0.398 e. The van der Waals surface area contributed by atoms with Crippen molar-refractivity contribution in [2.45, 2.75) is 13.1 Å². The highest BCUT2D eigenvalue weighted by Gasteiger charge is 2.30. The summed E-state index contributed by atoms with van der Waals surface area (Å²) in [5, 5.41) is 6.72. The Morgan fingerprint density at radius 3 is 2.52 bits per heavy atom. The average Bonchev–Trinajstić information content (AvgIpc) is 2.99. The van der Waals surface area contributed by atoms with Gasteiger partial charge in [0.05, 0.1) is 5.56 Å². The number of nitrogens with one attached hydrogen (secondary N) is 1. The summed E-state index contributed by atoms with van der Waals surface area (Å²) in [6, 6.07) is 10.3. The number of alkyl halides is 3. The Kier molecular flexibility index (Phi) is 3.55. The SMILES string of the molecule is Cc1ccc(-c2nc(-c3cccc(C(F)(F)F)c3)n[nH]2)cc1N. The first-order valence-corrected chi connectivity index (χ1v) is 6.81. The van der Waals surface area contributed by atoms with E-state index in [0.29, 0.717) is 17.1 Å². The molecular formula is C16H13F3N4. The van der Waals surface area contributed by atoms with Gasteiger partial charge in [-0.1, -0.05) is 24.3 Å². The number of H-pyrrole nitrogens is 1. The van der Waals surface area contributed by atoms with Crippen molar-refractivity contribution >= 4 is 5.69 Å². The molecular weight excluding hydrogens is 305 g/mol. The highest BCUT2D eigenvalue weighted by atomic mass is 19.4. The second-order valence-electron chi connectivity index (χ2n) is 5.16. The summed E-state index contributed by atoms with van der Waals surface area (Å²) in [6.45, 7) is 1.88. The molecule has 0 saturated carbocycles. The first kappa shape index (κ1) is 15.1. The minimum absolute atomic E-state index is 0.199. The molecule has 4 nitrogen and oxygen atoms in total. The minimum atomic E-state index is -4.40. The van der Waals surface area contributed by atoms with Crippen LogP contribution in [0.1, 0.15) is 11.1 Å². The third kappa shape index (κ3) is 3.03. The molecule has 1 aromatic heterocycles. The van der Waals surface area contributed by atoms with Crippen molar-refractivity contribution in [1.29, 1.82) is 0 Å². The van der Waals surface area contributed by atoms with Crippen molar-refractivity contribution < 1.29 is 13.2 Å². The van der Waals surface area contributed by atoms with E-state index >= 15 is 0 Å². The summed E-state index contributed by atoms with van der Waals surface area (Å²) in [6.07, 6.45) is -4.40. The summed E-state index contributed by atoms with van der Waals surface area (Å²) in [5.41, 5.74) is 7.68. The van der Waals surface area contributed by atoms with E-state index in [4.69, 9.17) is 5.73 Å². The average molecular weight is 318 g/mol. The molecule has 0 fully saturated rings. The van der Waals surface area contributed by atoms with Gasteiger partial charge < -0.3 is 5.73 Å². The topological polar surface area (TPSA) is 67.6 Å². The molecule has 3 rings (SSSR count). The Labute approximate surface area is 130 Å². The van der Waals surface area contributed by atoms with Gasteiger partial charge in [-0.3, -0.25) is 5.10 Å². The number of rotatable bonds is 2. The van der Waals surface area contributed by atoms with Crippen molar-refractivity contribution in [3.63, 3.8) is 0 Å². The van der Waals surface area contributed by atoms with Crippen LogP contribution < -0.4 is 5.73 Å². The molecule has 3 N–H and O–H groups in total. The maximum atomic E-state index is 12.8. The number of nitrogens with zero attached hydrogens (tertiary/aromatic N) is 2. The lowest BCUT2D eigenvalue weighted by atomic mass is 10.1. The normalized spacial score (nSPS) is 11.7. The molecule has 0 spiro atoms. The van der Waals surface area contributed by atoms with Crippen molar-refractivity contribution in [2.24, 2.45) is 0 Å². The van der Waals surface area contributed by atoms with Gasteiger partial charge in [0.25, 0.3) is 0 Å². The molecule has 2 aromatic carbocycles. The standard InChI is InChI=1S/C16H13F3N4/c1-9-5-6-11(8-13(9)20)15-21-14(22-23-15)10-3-2-4-12(7-10)16(17,18)19/h2-8H,20H2,1H3,(H,21,22,23). The molecule has 0 radical (unpaired) electrons. The molecule has 0 aliphatic heterocycles. The third-order valence-electron chi connectivity index (χ3n) is 3.49. The first-order valence-electron chi connectivity index (χ1n) is 6.81. The van der Waals surface area contributed by atoms with E-state index in [1.807, 2.05) is 19.1 Å². The fourth-order valence-electron chi connectivity index (χ4n) is 2.14. The lowest BCUT2D eigenvalue weighted by molar-refractivity contribution is -0.137. The largest absolute Gasteiger partial charge is 0.416 e. The molecule has 23 heavy (non-hydrogen) atoms. The van der Waals surface area contributed by atoms with Gasteiger partial charge in [-0.05, 0) is 30.7 Å². The summed E-state index contributed by atoms with van der Waals surface area (Å²) in [5.74, 6) is 0.648. The van der Waals surface area contributed by atoms with Gasteiger partial charge in [0.1, 0.15) is 0 Å². The summed E-state index contributed by atoms with van der Waals surface area (Å²) >= 11 is 0. The number of aryl methyl sites for hydroxylation is 1. The van der Waals surface area contributed by atoms with Crippen molar-refractivity contribution in [1.82, 2.24) is 15.2 Å². The van der Waals surface area contributed by atoms with Crippen LogP contribution in [0.4, 0.5) is 18.9 Å². The molecule has 0 aliphatic rings. The third-order valence-corrected chi connectivity index (χ3v) is 3.49. The first-order chi connectivity index (χ1) is 10.8. The van der Waals surface area contributed by atoms with E-state index < -0.39 is 11.7 Å². The summed E-state index contributed by atoms with van der Waals surface area (Å²) < 4.78 is 38.3. The molecule has 0 unspecified atom stereocenters. The van der Waals surface area contributed by atoms with Crippen LogP contribution in [0, 0.1) is 6.92 Å². The number of benzene rings is 2. The van der Waals surface area contributed by atoms with Gasteiger partial charge >= 0.3 is 6.18 Å². The Balaban J connectivity index is 1.97. The quantitative estimate of drug-likeness (QED) is 0.701. The highest BCUT2D eigenvalue weighted by molar-refractivity contribution is 5.66. The van der Waals surface area contributed by atoms with E-state index in [1.54, 1.807) is 6.07 Å². The number of aromatic amines is 1. The Hall–Kier alpha value is -2.83. The monoisotopic (exact) mass is 318 g/mol. The molecule has 0 saturated heterocycles. The zero-order chi connectivity index (χ0) is 16.6. The second-order valence-corrected chi connectivity index (χ2v) is 5.16. The summed E-state index contributed by atoms with van der Waals surface area (Å²) in [7, 11) is 0. The van der Waals surface area contributed by atoms with Crippen molar-refractivity contribution in [3.05, 3.63) is 53.6 Å². The van der Waals surface area contributed by atoms with Crippen LogP contribution in [0.25, 0.3) is 22.8 Å². The molecule has 0 atom stereocenters. The number of anilines is 1. The Morgan fingerprint density at radius 2 is 1.83 bits per heavy atom. The lowest BCUT2D eigenvalue weighted by Crippen LogP contribution is -2.04. The van der Waals surface area contributed by atoms with Gasteiger partial charge in [-0.15, -0.1) is 0 Å². The van der Waals surface area contributed by atoms with Crippen molar-refractivity contribution in [3.8, 4) is 22.8 Å². The van der Waals surface area contributed by atoms with E-state index in [2.05, 4.69) is 15.2 Å².